The zero-order valence-electron chi connectivity index (χ0n) is 11.8. The summed E-state index contributed by atoms with van der Waals surface area (Å²) in [6.07, 6.45) is 0. The molecule has 0 atom stereocenters. The number of nitrogens with zero attached hydrogens (tertiary/aromatic N) is 2. The molecule has 0 aliphatic carbocycles. The van der Waals surface area contributed by atoms with Gasteiger partial charge < -0.3 is 5.32 Å². The summed E-state index contributed by atoms with van der Waals surface area (Å²) in [5.41, 5.74) is 0.948. The third-order valence-corrected chi connectivity index (χ3v) is 4.09. The maximum atomic E-state index is 12.4. The molecule has 0 aliphatic heterocycles. The number of carbonyl (C=O) groups is 1. The number of H-pyrrole nitrogens is 1. The first-order chi connectivity index (χ1) is 9.78. The lowest BCUT2D eigenvalue weighted by atomic mass is 10.2. The molecule has 1 aromatic heterocycles. The van der Waals surface area contributed by atoms with Crippen molar-refractivity contribution in [2.45, 2.75) is 25.7 Å². The van der Waals surface area contributed by atoms with Crippen molar-refractivity contribution in [3.8, 4) is 0 Å². The fourth-order valence-electron chi connectivity index (χ4n) is 1.73. The Balaban J connectivity index is 2.36. The van der Waals surface area contributed by atoms with Gasteiger partial charge in [0.05, 0.1) is 4.90 Å². The molecule has 0 aliphatic rings. The number of carbonyl (C=O) groups excluding carboxylic acids is 1. The van der Waals surface area contributed by atoms with E-state index in [9.17, 15) is 13.2 Å². The number of anilines is 2. The standard InChI is InChI=1S/C12H15N5O3S/c1-7-4-5-10(14-9(3)18)6-11(7)21(19,20)17-12-13-8(2)15-16-12/h4-6H,1-3H3,(H,14,18)(H2,13,15,16,17). The maximum Gasteiger partial charge on any atom is 0.264 e. The second kappa shape index (κ2) is 5.52. The van der Waals surface area contributed by atoms with Gasteiger partial charge in [0, 0.05) is 12.6 Å². The lowest BCUT2D eigenvalue weighted by Gasteiger charge is -2.10. The van der Waals surface area contributed by atoms with Gasteiger partial charge in [-0.05, 0) is 31.5 Å². The van der Waals surface area contributed by atoms with Gasteiger partial charge in [0.15, 0.2) is 0 Å². The van der Waals surface area contributed by atoms with Crippen molar-refractivity contribution in [2.24, 2.45) is 0 Å². The van der Waals surface area contributed by atoms with Gasteiger partial charge in [-0.25, -0.2) is 13.1 Å². The average Bonchev–Trinajstić information content (AvgIpc) is 2.75. The SMILES string of the molecule is CC(=O)Nc1ccc(C)c(S(=O)(=O)Nc2n[nH]c(C)n2)c1. The molecule has 0 radical (unpaired) electrons. The predicted octanol–water partition coefficient (Wildman–Crippen LogP) is 1.18. The van der Waals surface area contributed by atoms with Crippen LogP contribution in [0.3, 0.4) is 0 Å². The Kier molecular flexibility index (Phi) is 3.94. The predicted molar refractivity (Wildman–Crippen MR) is 77.4 cm³/mol. The highest BCUT2D eigenvalue weighted by Crippen LogP contribution is 2.22. The second-order valence-electron chi connectivity index (χ2n) is 4.51. The summed E-state index contributed by atoms with van der Waals surface area (Å²) in [7, 11) is -3.84. The van der Waals surface area contributed by atoms with Crippen LogP contribution in [-0.4, -0.2) is 29.5 Å². The number of benzene rings is 1. The molecule has 2 rings (SSSR count). The summed E-state index contributed by atoms with van der Waals surface area (Å²) in [5, 5.41) is 8.82. The van der Waals surface area contributed by atoms with E-state index in [0.29, 0.717) is 17.1 Å². The quantitative estimate of drug-likeness (QED) is 0.784. The molecule has 112 valence electrons. The molecule has 0 bridgehead atoms. The van der Waals surface area contributed by atoms with Crippen molar-refractivity contribution in [3.05, 3.63) is 29.6 Å². The van der Waals surface area contributed by atoms with Crippen LogP contribution in [-0.2, 0) is 14.8 Å². The molecule has 0 fully saturated rings. The van der Waals surface area contributed by atoms with Gasteiger partial charge in [0.2, 0.25) is 5.91 Å². The first-order valence-electron chi connectivity index (χ1n) is 6.08. The number of hydrogen-bond acceptors (Lipinski definition) is 5. The van der Waals surface area contributed by atoms with Crippen molar-refractivity contribution in [1.82, 2.24) is 15.2 Å². The fraction of sp³-hybridized carbons (Fsp3) is 0.250. The highest BCUT2D eigenvalue weighted by molar-refractivity contribution is 7.92. The van der Waals surface area contributed by atoms with Gasteiger partial charge in [-0.3, -0.25) is 9.89 Å². The van der Waals surface area contributed by atoms with Crippen LogP contribution in [0.25, 0.3) is 0 Å². The summed E-state index contributed by atoms with van der Waals surface area (Å²) < 4.78 is 27.0. The molecule has 1 heterocycles. The Morgan fingerprint density at radius 1 is 1.29 bits per heavy atom. The number of amides is 1. The van der Waals surface area contributed by atoms with E-state index in [1.807, 2.05) is 0 Å². The van der Waals surface area contributed by atoms with E-state index >= 15 is 0 Å². The van der Waals surface area contributed by atoms with Crippen LogP contribution in [0.5, 0.6) is 0 Å². The molecule has 0 saturated heterocycles. The van der Waals surface area contributed by atoms with Gasteiger partial charge in [0.25, 0.3) is 16.0 Å². The van der Waals surface area contributed by atoms with E-state index in [2.05, 4.69) is 25.2 Å². The van der Waals surface area contributed by atoms with Gasteiger partial charge in [-0.15, -0.1) is 5.10 Å². The topological polar surface area (TPSA) is 117 Å². The molecule has 1 aromatic carbocycles. The van der Waals surface area contributed by atoms with Crippen LogP contribution in [0.1, 0.15) is 18.3 Å². The van der Waals surface area contributed by atoms with Gasteiger partial charge in [-0.1, -0.05) is 6.07 Å². The molecule has 2 aromatic rings. The van der Waals surface area contributed by atoms with Crippen LogP contribution in [0.4, 0.5) is 11.6 Å². The highest BCUT2D eigenvalue weighted by atomic mass is 32.2. The number of aryl methyl sites for hydroxylation is 2. The molecule has 3 N–H and O–H groups in total. The third-order valence-electron chi connectivity index (χ3n) is 2.62. The minimum absolute atomic E-state index is 0.0307. The molecule has 1 amide bonds. The summed E-state index contributed by atoms with van der Waals surface area (Å²) >= 11 is 0. The molecule has 9 heteroatoms. The average molecular weight is 309 g/mol. The van der Waals surface area contributed by atoms with Crippen molar-refractivity contribution >= 4 is 27.6 Å². The van der Waals surface area contributed by atoms with E-state index in [4.69, 9.17) is 0 Å². The van der Waals surface area contributed by atoms with Crippen molar-refractivity contribution in [2.75, 3.05) is 10.0 Å². The zero-order valence-corrected chi connectivity index (χ0v) is 12.6. The van der Waals surface area contributed by atoms with E-state index in [1.165, 1.54) is 13.0 Å². The number of sulfonamides is 1. The number of aromatic amines is 1. The first-order valence-corrected chi connectivity index (χ1v) is 7.56. The minimum atomic E-state index is -3.84. The largest absolute Gasteiger partial charge is 0.326 e. The second-order valence-corrected chi connectivity index (χ2v) is 6.16. The van der Waals surface area contributed by atoms with Crippen LogP contribution in [0.2, 0.25) is 0 Å². The minimum Gasteiger partial charge on any atom is -0.326 e. The van der Waals surface area contributed by atoms with E-state index in [-0.39, 0.29) is 16.8 Å². The Bertz CT molecular complexity index is 782. The van der Waals surface area contributed by atoms with Crippen LogP contribution < -0.4 is 10.0 Å². The Hall–Kier alpha value is -2.42. The maximum absolute atomic E-state index is 12.4. The Labute approximate surface area is 122 Å². The Morgan fingerprint density at radius 2 is 2.00 bits per heavy atom. The smallest absolute Gasteiger partial charge is 0.264 e. The van der Waals surface area contributed by atoms with Crippen LogP contribution in [0, 0.1) is 13.8 Å². The Morgan fingerprint density at radius 3 is 2.57 bits per heavy atom. The monoisotopic (exact) mass is 309 g/mol. The third kappa shape index (κ3) is 3.57. The molecule has 0 unspecified atom stereocenters. The number of aromatic nitrogens is 3. The van der Waals surface area contributed by atoms with Crippen molar-refractivity contribution in [3.63, 3.8) is 0 Å². The highest BCUT2D eigenvalue weighted by Gasteiger charge is 2.19. The van der Waals surface area contributed by atoms with Crippen LogP contribution >= 0.6 is 0 Å². The van der Waals surface area contributed by atoms with E-state index < -0.39 is 10.0 Å². The number of rotatable bonds is 4. The first kappa shape index (κ1) is 15.0. The summed E-state index contributed by atoms with van der Waals surface area (Å²) in [6, 6.07) is 4.63. The van der Waals surface area contributed by atoms with Crippen molar-refractivity contribution in [1.29, 1.82) is 0 Å². The van der Waals surface area contributed by atoms with Gasteiger partial charge in [0.1, 0.15) is 5.82 Å². The fourth-order valence-corrected chi connectivity index (χ4v) is 2.95. The van der Waals surface area contributed by atoms with E-state index in [0.717, 1.165) is 0 Å². The zero-order chi connectivity index (χ0) is 15.6. The van der Waals surface area contributed by atoms with Crippen LogP contribution in [0.15, 0.2) is 23.1 Å². The molecule has 0 saturated carbocycles. The van der Waals surface area contributed by atoms with Gasteiger partial charge >= 0.3 is 0 Å². The van der Waals surface area contributed by atoms with Gasteiger partial charge in [-0.2, -0.15) is 4.98 Å². The molecular formula is C12H15N5O3S. The lowest BCUT2D eigenvalue weighted by Crippen LogP contribution is -2.16. The summed E-state index contributed by atoms with van der Waals surface area (Å²) in [5.74, 6) is 0.188. The molecule has 8 nitrogen and oxygen atoms in total. The lowest BCUT2D eigenvalue weighted by molar-refractivity contribution is -0.114. The van der Waals surface area contributed by atoms with E-state index in [1.54, 1.807) is 26.0 Å². The van der Waals surface area contributed by atoms with Crippen molar-refractivity contribution < 1.29 is 13.2 Å². The molecule has 21 heavy (non-hydrogen) atoms. The summed E-state index contributed by atoms with van der Waals surface area (Å²) in [4.78, 5) is 15.0. The molecule has 0 spiro atoms. The summed E-state index contributed by atoms with van der Waals surface area (Å²) in [6.45, 7) is 4.67. The number of hydrogen-bond donors (Lipinski definition) is 3. The number of nitrogens with one attached hydrogen (secondary N) is 3. The normalized spacial score (nSPS) is 11.2. The molecular weight excluding hydrogens is 294 g/mol.